The number of phenols is 1. The molecule has 2 rings (SSSR count). The van der Waals surface area contributed by atoms with Crippen LogP contribution in [-0.2, 0) is 4.79 Å². The molecule has 1 aliphatic heterocycles. The molecule has 0 radical (unpaired) electrons. The molecule has 1 aromatic carbocycles. The summed E-state index contributed by atoms with van der Waals surface area (Å²) in [7, 11) is 3.32. The molecule has 1 aromatic rings. The maximum Gasteiger partial charge on any atom is 0.276 e. The van der Waals surface area contributed by atoms with Crippen molar-refractivity contribution in [3.63, 3.8) is 0 Å². The maximum atomic E-state index is 12.0. The Hall–Kier alpha value is -1.30. The molecule has 0 unspecified atom stereocenters. The van der Waals surface area contributed by atoms with Gasteiger partial charge in [-0.15, -0.1) is 0 Å². The fourth-order valence-electron chi connectivity index (χ4n) is 1.72. The largest absolute Gasteiger partial charge is 0.505 e. The summed E-state index contributed by atoms with van der Waals surface area (Å²) >= 11 is 16.8. The van der Waals surface area contributed by atoms with E-state index in [1.807, 2.05) is 0 Å². The molecule has 0 bridgehead atoms. The van der Waals surface area contributed by atoms with Gasteiger partial charge in [0.25, 0.3) is 5.91 Å². The third-order valence-corrected chi connectivity index (χ3v) is 3.93. The number of carbonyl (C=O) groups excluding carboxylic acids is 1. The lowest BCUT2D eigenvalue weighted by molar-refractivity contribution is -0.121. The molecule has 19 heavy (non-hydrogen) atoms. The second kappa shape index (κ2) is 5.00. The topological polar surface area (TPSA) is 43.8 Å². The normalized spacial score (nSPS) is 17.8. The molecule has 7 heteroatoms. The fraction of sp³-hybridized carbons (Fsp3) is 0.167. The van der Waals surface area contributed by atoms with Crippen LogP contribution >= 0.6 is 35.4 Å². The molecule has 1 heterocycles. The van der Waals surface area contributed by atoms with Gasteiger partial charge in [0.2, 0.25) is 0 Å². The Morgan fingerprint density at radius 2 is 1.74 bits per heavy atom. The van der Waals surface area contributed by atoms with Gasteiger partial charge < -0.3 is 10.0 Å². The molecule has 0 atom stereocenters. The van der Waals surface area contributed by atoms with Crippen LogP contribution in [0.25, 0.3) is 6.08 Å². The molecule has 0 aliphatic carbocycles. The zero-order chi connectivity index (χ0) is 14.3. The van der Waals surface area contributed by atoms with E-state index in [1.54, 1.807) is 25.1 Å². The van der Waals surface area contributed by atoms with Gasteiger partial charge in [0.1, 0.15) is 5.70 Å². The van der Waals surface area contributed by atoms with Crippen molar-refractivity contribution in [1.82, 2.24) is 9.80 Å². The van der Waals surface area contributed by atoms with Crippen LogP contribution < -0.4 is 0 Å². The summed E-state index contributed by atoms with van der Waals surface area (Å²) in [6, 6.07) is 3.05. The number of carbonyl (C=O) groups is 1. The predicted molar refractivity (Wildman–Crippen MR) is 79.2 cm³/mol. The average Bonchev–Trinajstić information content (AvgIpc) is 2.54. The Kier molecular flexibility index (Phi) is 3.71. The number of nitrogens with zero attached hydrogens (tertiary/aromatic N) is 2. The monoisotopic (exact) mass is 316 g/mol. The second-order valence-corrected chi connectivity index (χ2v) is 5.25. The minimum absolute atomic E-state index is 0.128. The number of aromatic hydroxyl groups is 1. The summed E-state index contributed by atoms with van der Waals surface area (Å²) in [5.41, 5.74) is 1.03. The van der Waals surface area contributed by atoms with Crippen LogP contribution in [0.4, 0.5) is 0 Å². The van der Waals surface area contributed by atoms with Crippen molar-refractivity contribution in [2.45, 2.75) is 0 Å². The summed E-state index contributed by atoms with van der Waals surface area (Å²) in [4.78, 5) is 15.0. The van der Waals surface area contributed by atoms with Crippen molar-refractivity contribution in [3.8, 4) is 5.75 Å². The number of amides is 1. The first-order valence-electron chi connectivity index (χ1n) is 5.28. The molecule has 0 spiro atoms. The minimum atomic E-state index is -0.201. The van der Waals surface area contributed by atoms with Crippen LogP contribution in [0.1, 0.15) is 5.56 Å². The van der Waals surface area contributed by atoms with E-state index in [0.29, 0.717) is 16.4 Å². The average molecular weight is 317 g/mol. The van der Waals surface area contributed by atoms with Gasteiger partial charge in [-0.2, -0.15) is 0 Å². The number of phenolic OH excluding ortho intramolecular Hbond substituents is 1. The van der Waals surface area contributed by atoms with Crippen LogP contribution in [0.2, 0.25) is 10.0 Å². The Balaban J connectivity index is 2.47. The van der Waals surface area contributed by atoms with Crippen molar-refractivity contribution in [2.75, 3.05) is 14.1 Å². The zero-order valence-electron chi connectivity index (χ0n) is 10.1. The van der Waals surface area contributed by atoms with E-state index in [0.717, 1.165) is 0 Å². The SMILES string of the molecule is CN1C(=O)C(=Cc2cc(Cl)c(O)c(Cl)c2)N(C)C1=S. The number of likely N-dealkylation sites (N-methyl/N-ethyl adjacent to an activating group) is 2. The van der Waals surface area contributed by atoms with Crippen molar-refractivity contribution in [2.24, 2.45) is 0 Å². The van der Waals surface area contributed by atoms with E-state index in [9.17, 15) is 9.90 Å². The highest BCUT2D eigenvalue weighted by Crippen LogP contribution is 2.34. The number of hydrogen-bond acceptors (Lipinski definition) is 3. The predicted octanol–water partition coefficient (Wildman–Crippen LogP) is 2.73. The van der Waals surface area contributed by atoms with E-state index in [1.165, 1.54) is 17.0 Å². The Bertz CT molecular complexity index is 593. The zero-order valence-corrected chi connectivity index (χ0v) is 12.5. The van der Waals surface area contributed by atoms with Gasteiger partial charge in [-0.1, -0.05) is 23.2 Å². The molecular formula is C12H10Cl2N2O2S. The van der Waals surface area contributed by atoms with Crippen LogP contribution in [0.5, 0.6) is 5.75 Å². The quantitative estimate of drug-likeness (QED) is 0.639. The van der Waals surface area contributed by atoms with Gasteiger partial charge in [-0.25, -0.2) is 0 Å². The van der Waals surface area contributed by atoms with E-state index in [-0.39, 0.29) is 21.7 Å². The highest BCUT2D eigenvalue weighted by atomic mass is 35.5. The van der Waals surface area contributed by atoms with Gasteiger partial charge in [0, 0.05) is 14.1 Å². The fourth-order valence-corrected chi connectivity index (χ4v) is 2.40. The second-order valence-electron chi connectivity index (χ2n) is 4.07. The van der Waals surface area contributed by atoms with Crippen LogP contribution in [0.3, 0.4) is 0 Å². The molecule has 1 fully saturated rings. The highest BCUT2D eigenvalue weighted by molar-refractivity contribution is 7.80. The third-order valence-electron chi connectivity index (χ3n) is 2.80. The summed E-state index contributed by atoms with van der Waals surface area (Å²) in [5.74, 6) is -0.378. The lowest BCUT2D eigenvalue weighted by Crippen LogP contribution is -2.26. The van der Waals surface area contributed by atoms with E-state index in [2.05, 4.69) is 0 Å². The molecule has 0 saturated carbocycles. The van der Waals surface area contributed by atoms with Crippen LogP contribution in [-0.4, -0.2) is 40.0 Å². The van der Waals surface area contributed by atoms with Crippen LogP contribution in [0, 0.1) is 0 Å². The standard InChI is InChI=1S/C12H10Cl2N2O2S/c1-15-9(11(18)16(2)12(15)19)5-6-3-7(13)10(17)8(14)4-6/h3-5,17H,1-2H3. The lowest BCUT2D eigenvalue weighted by atomic mass is 10.1. The summed E-state index contributed by atoms with van der Waals surface area (Å²) in [5, 5.41) is 10.2. The van der Waals surface area contributed by atoms with Gasteiger partial charge in [0.05, 0.1) is 10.0 Å². The van der Waals surface area contributed by atoms with E-state index >= 15 is 0 Å². The third kappa shape index (κ3) is 2.41. The molecule has 0 aromatic heterocycles. The molecule has 100 valence electrons. The van der Waals surface area contributed by atoms with Gasteiger partial charge in [-0.3, -0.25) is 9.69 Å². The molecular weight excluding hydrogens is 307 g/mol. The number of rotatable bonds is 1. The Morgan fingerprint density at radius 3 is 2.16 bits per heavy atom. The minimum Gasteiger partial charge on any atom is -0.505 e. The van der Waals surface area contributed by atoms with E-state index in [4.69, 9.17) is 35.4 Å². The van der Waals surface area contributed by atoms with Gasteiger partial charge >= 0.3 is 0 Å². The van der Waals surface area contributed by atoms with E-state index < -0.39 is 0 Å². The summed E-state index contributed by atoms with van der Waals surface area (Å²) < 4.78 is 0. The first kappa shape index (κ1) is 14.1. The molecule has 1 N–H and O–H groups in total. The highest BCUT2D eigenvalue weighted by Gasteiger charge is 2.32. The Morgan fingerprint density at radius 1 is 1.21 bits per heavy atom. The first-order valence-corrected chi connectivity index (χ1v) is 6.44. The smallest absolute Gasteiger partial charge is 0.276 e. The summed E-state index contributed by atoms with van der Waals surface area (Å²) in [6.07, 6.45) is 1.62. The number of thiocarbonyl (C=S) groups is 1. The van der Waals surface area contributed by atoms with Gasteiger partial charge in [-0.05, 0) is 36.0 Å². The van der Waals surface area contributed by atoms with Crippen molar-refractivity contribution < 1.29 is 9.90 Å². The molecule has 1 saturated heterocycles. The van der Waals surface area contributed by atoms with Crippen molar-refractivity contribution >= 4 is 52.5 Å². The molecule has 4 nitrogen and oxygen atoms in total. The summed E-state index contributed by atoms with van der Waals surface area (Å²) in [6.45, 7) is 0. The lowest BCUT2D eigenvalue weighted by Gasteiger charge is -2.11. The molecule has 1 amide bonds. The van der Waals surface area contributed by atoms with Crippen LogP contribution in [0.15, 0.2) is 17.8 Å². The number of halogens is 2. The number of benzene rings is 1. The molecule has 1 aliphatic rings. The first-order chi connectivity index (χ1) is 8.82. The van der Waals surface area contributed by atoms with Gasteiger partial charge in [0.15, 0.2) is 10.9 Å². The van der Waals surface area contributed by atoms with Crippen molar-refractivity contribution in [3.05, 3.63) is 33.4 Å². The number of hydrogen-bond donors (Lipinski definition) is 1. The van der Waals surface area contributed by atoms with Crippen molar-refractivity contribution in [1.29, 1.82) is 0 Å². The Labute approximate surface area is 125 Å². The maximum absolute atomic E-state index is 12.0.